The molecule has 0 aromatic carbocycles. The van der Waals surface area contributed by atoms with Crippen LogP contribution in [0.15, 0.2) is 16.3 Å². The second kappa shape index (κ2) is 8.27. The monoisotopic (exact) mass is 332 g/mol. The highest BCUT2D eigenvalue weighted by Gasteiger charge is 2.31. The van der Waals surface area contributed by atoms with Gasteiger partial charge in [0.05, 0.1) is 0 Å². The predicted octanol–water partition coefficient (Wildman–Crippen LogP) is 3.15. The molecular formula is C15H28N2O2S2. The van der Waals surface area contributed by atoms with E-state index in [1.165, 1.54) is 11.3 Å². The van der Waals surface area contributed by atoms with Gasteiger partial charge in [0, 0.05) is 10.4 Å². The van der Waals surface area contributed by atoms with Crippen molar-refractivity contribution in [3.8, 4) is 0 Å². The molecule has 0 saturated heterocycles. The van der Waals surface area contributed by atoms with Crippen LogP contribution in [-0.4, -0.2) is 27.0 Å². The molecule has 0 fully saturated rings. The molecule has 0 saturated carbocycles. The molecule has 122 valence electrons. The van der Waals surface area contributed by atoms with Crippen LogP contribution < -0.4 is 10.0 Å². The quantitative estimate of drug-likeness (QED) is 0.647. The van der Waals surface area contributed by atoms with Crippen molar-refractivity contribution in [3.05, 3.63) is 17.0 Å². The first-order chi connectivity index (χ1) is 9.93. The Morgan fingerprint density at radius 3 is 2.24 bits per heavy atom. The summed E-state index contributed by atoms with van der Waals surface area (Å²) in [6.07, 6.45) is 3.28. The number of hydrogen-bond acceptors (Lipinski definition) is 4. The fraction of sp³-hybridized carbons (Fsp3) is 0.733. The lowest BCUT2D eigenvalue weighted by Gasteiger charge is -2.30. The van der Waals surface area contributed by atoms with Crippen LogP contribution in [0.4, 0.5) is 0 Å². The Kier molecular flexibility index (Phi) is 7.33. The van der Waals surface area contributed by atoms with E-state index in [0.717, 1.165) is 43.6 Å². The highest BCUT2D eigenvalue weighted by molar-refractivity contribution is 7.91. The maximum absolute atomic E-state index is 12.6. The number of sulfonamides is 1. The van der Waals surface area contributed by atoms with E-state index < -0.39 is 10.0 Å². The van der Waals surface area contributed by atoms with Crippen LogP contribution in [0.2, 0.25) is 0 Å². The van der Waals surface area contributed by atoms with Crippen LogP contribution in [0.5, 0.6) is 0 Å². The lowest BCUT2D eigenvalue weighted by atomic mass is 9.91. The van der Waals surface area contributed by atoms with E-state index in [-0.39, 0.29) is 5.54 Å². The second-order valence-electron chi connectivity index (χ2n) is 5.27. The van der Waals surface area contributed by atoms with Crippen LogP contribution in [0, 0.1) is 0 Å². The van der Waals surface area contributed by atoms with Gasteiger partial charge in [0.25, 0.3) is 10.0 Å². The van der Waals surface area contributed by atoms with Gasteiger partial charge in [0.1, 0.15) is 4.21 Å². The summed E-state index contributed by atoms with van der Waals surface area (Å²) in [7, 11) is -3.42. The van der Waals surface area contributed by atoms with Gasteiger partial charge in [0.15, 0.2) is 0 Å². The Balaban J connectivity index is 2.83. The summed E-state index contributed by atoms with van der Waals surface area (Å²) >= 11 is 1.37. The van der Waals surface area contributed by atoms with E-state index >= 15 is 0 Å². The van der Waals surface area contributed by atoms with Gasteiger partial charge in [-0.1, -0.05) is 27.7 Å². The van der Waals surface area contributed by atoms with Gasteiger partial charge in [-0.15, -0.1) is 11.3 Å². The SMILES string of the molecule is CCNCCc1ccc(S(=O)(=O)NC(CC)(CC)CC)s1. The average Bonchev–Trinajstić information content (AvgIpc) is 2.95. The smallest absolute Gasteiger partial charge is 0.250 e. The first-order valence-electron chi connectivity index (χ1n) is 7.76. The van der Waals surface area contributed by atoms with E-state index in [1.807, 2.05) is 26.8 Å². The van der Waals surface area contributed by atoms with Gasteiger partial charge in [-0.05, 0) is 50.9 Å². The molecule has 4 nitrogen and oxygen atoms in total. The summed E-state index contributed by atoms with van der Waals surface area (Å²) < 4.78 is 28.4. The van der Waals surface area contributed by atoms with E-state index in [1.54, 1.807) is 6.07 Å². The molecule has 0 bridgehead atoms. The Morgan fingerprint density at radius 2 is 1.71 bits per heavy atom. The van der Waals surface area contributed by atoms with Gasteiger partial charge in [-0.25, -0.2) is 13.1 Å². The highest BCUT2D eigenvalue weighted by atomic mass is 32.2. The van der Waals surface area contributed by atoms with Crippen molar-refractivity contribution in [2.24, 2.45) is 0 Å². The topological polar surface area (TPSA) is 58.2 Å². The number of thiophene rings is 1. The molecular weight excluding hydrogens is 304 g/mol. The molecule has 6 heteroatoms. The molecule has 1 aromatic heterocycles. The minimum absolute atomic E-state index is 0.327. The Hall–Kier alpha value is -0.430. The zero-order chi connectivity index (χ0) is 15.9. The molecule has 0 atom stereocenters. The largest absolute Gasteiger partial charge is 0.317 e. The fourth-order valence-electron chi connectivity index (χ4n) is 2.33. The van der Waals surface area contributed by atoms with E-state index in [0.29, 0.717) is 4.21 Å². The molecule has 21 heavy (non-hydrogen) atoms. The van der Waals surface area contributed by atoms with Crippen molar-refractivity contribution in [2.75, 3.05) is 13.1 Å². The lowest BCUT2D eigenvalue weighted by Crippen LogP contribution is -2.46. The molecule has 0 radical (unpaired) electrons. The molecule has 0 aliphatic heterocycles. The number of hydrogen-bond donors (Lipinski definition) is 2. The minimum Gasteiger partial charge on any atom is -0.317 e. The van der Waals surface area contributed by atoms with Gasteiger partial charge < -0.3 is 5.32 Å². The number of likely N-dealkylation sites (N-methyl/N-ethyl adjacent to an activating group) is 1. The Labute approximate surface area is 133 Å². The van der Waals surface area contributed by atoms with E-state index in [2.05, 4.69) is 17.0 Å². The van der Waals surface area contributed by atoms with E-state index in [4.69, 9.17) is 0 Å². The molecule has 1 heterocycles. The zero-order valence-electron chi connectivity index (χ0n) is 13.5. The second-order valence-corrected chi connectivity index (χ2v) is 8.35. The standard InChI is InChI=1S/C15H28N2O2S2/c1-5-15(6-2,7-3)17-21(18,19)14-10-9-13(20-14)11-12-16-8-4/h9-10,16-17H,5-8,11-12H2,1-4H3. The van der Waals surface area contributed by atoms with Gasteiger partial charge in [0.2, 0.25) is 0 Å². The minimum atomic E-state index is -3.42. The molecule has 0 amide bonds. The zero-order valence-corrected chi connectivity index (χ0v) is 15.2. The van der Waals surface area contributed by atoms with Crippen LogP contribution in [-0.2, 0) is 16.4 Å². The maximum atomic E-state index is 12.6. The summed E-state index contributed by atoms with van der Waals surface area (Å²) in [5.41, 5.74) is -0.327. The third-order valence-corrected chi connectivity index (χ3v) is 7.30. The van der Waals surface area contributed by atoms with Crippen molar-refractivity contribution >= 4 is 21.4 Å². The number of rotatable bonds is 10. The molecule has 0 spiro atoms. The predicted molar refractivity (Wildman–Crippen MR) is 90.5 cm³/mol. The molecule has 0 unspecified atom stereocenters. The van der Waals surface area contributed by atoms with Gasteiger partial charge in [-0.2, -0.15) is 0 Å². The maximum Gasteiger partial charge on any atom is 0.250 e. The number of nitrogens with one attached hydrogen (secondary N) is 2. The van der Waals surface area contributed by atoms with Crippen LogP contribution in [0.25, 0.3) is 0 Å². The lowest BCUT2D eigenvalue weighted by molar-refractivity contribution is 0.342. The van der Waals surface area contributed by atoms with Crippen LogP contribution >= 0.6 is 11.3 Å². The Bertz CT molecular complexity index is 511. The third kappa shape index (κ3) is 5.06. The van der Waals surface area contributed by atoms with Crippen molar-refractivity contribution in [1.82, 2.24) is 10.0 Å². The van der Waals surface area contributed by atoms with E-state index in [9.17, 15) is 8.42 Å². The first kappa shape index (κ1) is 18.6. The van der Waals surface area contributed by atoms with Crippen molar-refractivity contribution in [3.63, 3.8) is 0 Å². The van der Waals surface area contributed by atoms with Crippen LogP contribution in [0.1, 0.15) is 51.8 Å². The van der Waals surface area contributed by atoms with Gasteiger partial charge >= 0.3 is 0 Å². The fourth-order valence-corrected chi connectivity index (χ4v) is 5.30. The summed E-state index contributed by atoms with van der Waals surface area (Å²) in [4.78, 5) is 1.10. The van der Waals surface area contributed by atoms with Crippen molar-refractivity contribution in [2.45, 2.75) is 63.1 Å². The molecule has 1 rings (SSSR count). The molecule has 1 aromatic rings. The third-order valence-electron chi connectivity index (χ3n) is 4.08. The average molecular weight is 333 g/mol. The Morgan fingerprint density at radius 1 is 1.10 bits per heavy atom. The van der Waals surface area contributed by atoms with Gasteiger partial charge in [-0.3, -0.25) is 0 Å². The summed E-state index contributed by atoms with van der Waals surface area (Å²) in [6.45, 7) is 9.98. The summed E-state index contributed by atoms with van der Waals surface area (Å²) in [6, 6.07) is 3.64. The van der Waals surface area contributed by atoms with Crippen molar-refractivity contribution in [1.29, 1.82) is 0 Å². The molecule has 0 aliphatic carbocycles. The normalized spacial score (nSPS) is 12.8. The highest BCUT2D eigenvalue weighted by Crippen LogP contribution is 2.26. The summed E-state index contributed by atoms with van der Waals surface area (Å²) in [5, 5.41) is 3.25. The van der Waals surface area contributed by atoms with Crippen molar-refractivity contribution < 1.29 is 8.42 Å². The van der Waals surface area contributed by atoms with Crippen LogP contribution in [0.3, 0.4) is 0 Å². The molecule has 2 N–H and O–H groups in total. The first-order valence-corrected chi connectivity index (χ1v) is 10.1. The molecule has 0 aliphatic rings. The summed E-state index contributed by atoms with van der Waals surface area (Å²) in [5.74, 6) is 0.